The maximum Gasteiger partial charge on any atom is 0.331 e. The van der Waals surface area contributed by atoms with Crippen molar-refractivity contribution in [1.29, 1.82) is 0 Å². The minimum Gasteiger partial charge on any atom is -0.451 e. The zero-order valence-electron chi connectivity index (χ0n) is 9.01. The normalized spacial score (nSPS) is 34.6. The molecule has 0 aromatic heterocycles. The number of hydrogen-bond donors (Lipinski definition) is 0. The zero-order valence-corrected chi connectivity index (χ0v) is 9.01. The Morgan fingerprint density at radius 3 is 2.93 bits per heavy atom. The van der Waals surface area contributed by atoms with E-state index in [0.717, 1.165) is 12.0 Å². The second-order valence-corrected chi connectivity index (χ2v) is 4.53. The molecule has 2 nitrogen and oxygen atoms in total. The van der Waals surface area contributed by atoms with Crippen LogP contribution in [0.5, 0.6) is 0 Å². The van der Waals surface area contributed by atoms with Crippen molar-refractivity contribution in [3.63, 3.8) is 0 Å². The first-order valence-electron chi connectivity index (χ1n) is 5.61. The summed E-state index contributed by atoms with van der Waals surface area (Å²) in [5.74, 6) is 0.470. The third-order valence-corrected chi connectivity index (χ3v) is 3.49. The highest BCUT2D eigenvalue weighted by molar-refractivity contribution is 5.87. The van der Waals surface area contributed by atoms with Crippen molar-refractivity contribution < 1.29 is 9.53 Å². The van der Waals surface area contributed by atoms with Crippen LogP contribution >= 0.6 is 0 Å². The average Bonchev–Trinajstić information content (AvgIpc) is 2.72. The van der Waals surface area contributed by atoms with E-state index >= 15 is 0 Å². The Labute approximate surface area is 85.3 Å². The molecule has 14 heavy (non-hydrogen) atoms. The Bertz CT molecular complexity index is 280. The Hall–Kier alpha value is -0.790. The van der Waals surface area contributed by atoms with E-state index in [9.17, 15) is 4.79 Å². The molecule has 2 heteroatoms. The van der Waals surface area contributed by atoms with E-state index < -0.39 is 0 Å². The molecule has 0 bridgehead atoms. The number of unbranched alkanes of at least 4 members (excludes halogenated alkanes) is 2. The van der Waals surface area contributed by atoms with Crippen LogP contribution in [0.15, 0.2) is 11.6 Å². The van der Waals surface area contributed by atoms with Crippen molar-refractivity contribution in [2.75, 3.05) is 0 Å². The Morgan fingerprint density at radius 2 is 2.36 bits per heavy atom. The highest BCUT2D eigenvalue weighted by atomic mass is 16.6. The molecule has 0 N–H and O–H groups in total. The molecule has 0 radical (unpaired) electrons. The third kappa shape index (κ3) is 1.47. The van der Waals surface area contributed by atoms with Gasteiger partial charge in [0.15, 0.2) is 0 Å². The lowest BCUT2D eigenvalue weighted by molar-refractivity contribution is -0.140. The van der Waals surface area contributed by atoms with E-state index in [1.165, 1.54) is 25.7 Å². The molecule has 2 atom stereocenters. The zero-order chi connectivity index (χ0) is 10.2. The maximum absolute atomic E-state index is 11.1. The first-order chi connectivity index (χ1) is 6.69. The van der Waals surface area contributed by atoms with Crippen LogP contribution in [0.1, 0.15) is 46.0 Å². The van der Waals surface area contributed by atoms with Crippen LogP contribution in [0.4, 0.5) is 0 Å². The molecule has 78 valence electrons. The smallest absolute Gasteiger partial charge is 0.331 e. The van der Waals surface area contributed by atoms with E-state index in [1.54, 1.807) is 6.08 Å². The van der Waals surface area contributed by atoms with Crippen LogP contribution in [0, 0.1) is 5.92 Å². The van der Waals surface area contributed by atoms with Gasteiger partial charge in [-0.2, -0.15) is 0 Å². The SMILES string of the molecule is CCCCCC1CC12OC(=O)C=C2C. The Balaban J connectivity index is 1.85. The molecule has 0 aromatic rings. The summed E-state index contributed by atoms with van der Waals surface area (Å²) in [5, 5.41) is 0. The summed E-state index contributed by atoms with van der Waals surface area (Å²) in [6, 6.07) is 0. The Morgan fingerprint density at radius 1 is 1.57 bits per heavy atom. The van der Waals surface area contributed by atoms with Gasteiger partial charge in [-0.25, -0.2) is 4.79 Å². The monoisotopic (exact) mass is 194 g/mol. The van der Waals surface area contributed by atoms with Gasteiger partial charge in [0, 0.05) is 12.0 Å². The summed E-state index contributed by atoms with van der Waals surface area (Å²) in [7, 11) is 0. The maximum atomic E-state index is 11.1. The van der Waals surface area contributed by atoms with Gasteiger partial charge in [-0.1, -0.05) is 26.2 Å². The van der Waals surface area contributed by atoms with Crippen LogP contribution in [0.2, 0.25) is 0 Å². The first-order valence-corrected chi connectivity index (χ1v) is 5.61. The molecule has 1 fully saturated rings. The van der Waals surface area contributed by atoms with Crippen molar-refractivity contribution >= 4 is 5.97 Å². The van der Waals surface area contributed by atoms with Crippen molar-refractivity contribution in [2.45, 2.75) is 51.6 Å². The van der Waals surface area contributed by atoms with Gasteiger partial charge >= 0.3 is 5.97 Å². The molecule has 1 heterocycles. The summed E-state index contributed by atoms with van der Waals surface area (Å²) >= 11 is 0. The van der Waals surface area contributed by atoms with Crippen molar-refractivity contribution in [3.8, 4) is 0 Å². The quantitative estimate of drug-likeness (QED) is 0.508. The highest BCUT2D eigenvalue weighted by Crippen LogP contribution is 2.56. The molecule has 1 spiro atoms. The number of esters is 1. The number of ether oxygens (including phenoxy) is 1. The van der Waals surface area contributed by atoms with Crippen molar-refractivity contribution in [2.24, 2.45) is 5.92 Å². The lowest BCUT2D eigenvalue weighted by atomic mass is 10.0. The van der Waals surface area contributed by atoms with E-state index in [1.807, 2.05) is 6.92 Å². The number of hydrogen-bond acceptors (Lipinski definition) is 2. The fourth-order valence-electron chi connectivity index (χ4n) is 2.48. The van der Waals surface area contributed by atoms with Gasteiger partial charge in [0.25, 0.3) is 0 Å². The van der Waals surface area contributed by atoms with E-state index in [-0.39, 0.29) is 11.6 Å². The van der Waals surface area contributed by atoms with Gasteiger partial charge in [-0.15, -0.1) is 0 Å². The number of carbonyl (C=O) groups excluding carboxylic acids is 1. The van der Waals surface area contributed by atoms with Gasteiger partial charge in [0.05, 0.1) is 0 Å². The highest BCUT2D eigenvalue weighted by Gasteiger charge is 2.60. The molecular formula is C12H18O2. The van der Waals surface area contributed by atoms with Crippen LogP contribution in [-0.2, 0) is 9.53 Å². The summed E-state index contributed by atoms with van der Waals surface area (Å²) in [5.41, 5.74) is 0.995. The predicted molar refractivity (Wildman–Crippen MR) is 54.8 cm³/mol. The summed E-state index contributed by atoms with van der Waals surface area (Å²) < 4.78 is 5.38. The molecule has 1 aliphatic carbocycles. The fourth-order valence-corrected chi connectivity index (χ4v) is 2.48. The topological polar surface area (TPSA) is 26.3 Å². The van der Waals surface area contributed by atoms with Crippen LogP contribution in [0.25, 0.3) is 0 Å². The minimum absolute atomic E-state index is 0.138. The Kier molecular flexibility index (Phi) is 2.38. The minimum atomic E-state index is -0.148. The summed E-state index contributed by atoms with van der Waals surface area (Å²) in [6.07, 6.45) is 7.75. The van der Waals surface area contributed by atoms with Gasteiger partial charge in [0.2, 0.25) is 0 Å². The van der Waals surface area contributed by atoms with E-state index in [4.69, 9.17) is 4.74 Å². The van der Waals surface area contributed by atoms with Crippen LogP contribution < -0.4 is 0 Å². The van der Waals surface area contributed by atoms with Gasteiger partial charge < -0.3 is 4.74 Å². The molecule has 2 rings (SSSR count). The third-order valence-electron chi connectivity index (χ3n) is 3.49. The standard InChI is InChI=1S/C12H18O2/c1-3-4-5-6-10-8-12(10)9(2)7-11(13)14-12/h7,10H,3-6,8H2,1-2H3. The molecule has 1 saturated carbocycles. The first kappa shape index (κ1) is 9.75. The molecular weight excluding hydrogens is 176 g/mol. The number of carbonyl (C=O) groups is 1. The van der Waals surface area contributed by atoms with Crippen molar-refractivity contribution in [3.05, 3.63) is 11.6 Å². The summed E-state index contributed by atoms with van der Waals surface area (Å²) in [4.78, 5) is 11.1. The summed E-state index contributed by atoms with van der Waals surface area (Å²) in [6.45, 7) is 4.23. The largest absolute Gasteiger partial charge is 0.451 e. The van der Waals surface area contributed by atoms with Crippen LogP contribution in [0.3, 0.4) is 0 Å². The second kappa shape index (κ2) is 3.41. The van der Waals surface area contributed by atoms with Gasteiger partial charge in [-0.05, 0) is 25.3 Å². The molecule has 1 aliphatic heterocycles. The lowest BCUT2D eigenvalue weighted by Gasteiger charge is -2.11. The van der Waals surface area contributed by atoms with Crippen molar-refractivity contribution in [1.82, 2.24) is 0 Å². The van der Waals surface area contributed by atoms with E-state index in [2.05, 4.69) is 6.92 Å². The second-order valence-electron chi connectivity index (χ2n) is 4.53. The molecule has 0 saturated heterocycles. The van der Waals surface area contributed by atoms with Gasteiger partial charge in [0.1, 0.15) is 5.60 Å². The average molecular weight is 194 g/mol. The fraction of sp³-hybridized carbons (Fsp3) is 0.750. The number of rotatable bonds is 4. The molecule has 2 aliphatic rings. The van der Waals surface area contributed by atoms with Gasteiger partial charge in [-0.3, -0.25) is 0 Å². The predicted octanol–water partition coefficient (Wildman–Crippen LogP) is 2.83. The van der Waals surface area contributed by atoms with Crippen LogP contribution in [-0.4, -0.2) is 11.6 Å². The lowest BCUT2D eigenvalue weighted by Crippen LogP contribution is -2.15. The van der Waals surface area contributed by atoms with E-state index in [0.29, 0.717) is 5.92 Å². The molecule has 0 amide bonds. The molecule has 0 aromatic carbocycles. The molecule has 2 unspecified atom stereocenters.